The van der Waals surface area contributed by atoms with Crippen molar-refractivity contribution >= 4 is 18.3 Å². The summed E-state index contributed by atoms with van der Waals surface area (Å²) in [5, 5.41) is 6.42. The molecule has 1 saturated heterocycles. The van der Waals surface area contributed by atoms with Crippen LogP contribution in [0.5, 0.6) is 11.5 Å². The minimum atomic E-state index is -0.147. The summed E-state index contributed by atoms with van der Waals surface area (Å²) in [6.07, 6.45) is 2.78. The highest BCUT2D eigenvalue weighted by Gasteiger charge is 2.25. The molecule has 0 radical (unpaired) electrons. The molecule has 1 aromatic rings. The van der Waals surface area contributed by atoms with E-state index in [0.29, 0.717) is 18.9 Å². The van der Waals surface area contributed by atoms with Crippen LogP contribution >= 0.6 is 12.4 Å². The van der Waals surface area contributed by atoms with Crippen LogP contribution in [0.15, 0.2) is 18.2 Å². The van der Waals surface area contributed by atoms with Gasteiger partial charge in [-0.15, -0.1) is 12.4 Å². The molecule has 5 nitrogen and oxygen atoms in total. The molecule has 24 heavy (non-hydrogen) atoms. The van der Waals surface area contributed by atoms with Crippen molar-refractivity contribution < 1.29 is 14.3 Å². The largest absolute Gasteiger partial charge is 0.454 e. The molecule has 1 unspecified atom stereocenters. The second kappa shape index (κ2) is 8.08. The van der Waals surface area contributed by atoms with Gasteiger partial charge in [0.25, 0.3) is 0 Å². The Morgan fingerprint density at radius 2 is 2.12 bits per heavy atom. The van der Waals surface area contributed by atoms with Crippen molar-refractivity contribution in [1.82, 2.24) is 10.6 Å². The molecule has 0 spiro atoms. The number of carbonyl (C=O) groups is 1. The molecule has 2 N–H and O–H groups in total. The molecule has 0 bridgehead atoms. The van der Waals surface area contributed by atoms with Gasteiger partial charge >= 0.3 is 0 Å². The summed E-state index contributed by atoms with van der Waals surface area (Å²) in [6.45, 7) is 7.30. The second-order valence-corrected chi connectivity index (χ2v) is 7.13. The quantitative estimate of drug-likeness (QED) is 0.824. The molecular formula is C18H27ClN2O3. The van der Waals surface area contributed by atoms with E-state index in [2.05, 4.69) is 24.5 Å². The van der Waals surface area contributed by atoms with Gasteiger partial charge in [0.15, 0.2) is 11.5 Å². The first-order chi connectivity index (χ1) is 11.0. The van der Waals surface area contributed by atoms with Crippen LogP contribution < -0.4 is 20.1 Å². The summed E-state index contributed by atoms with van der Waals surface area (Å²) in [5.74, 6) is 2.38. The van der Waals surface area contributed by atoms with Crippen LogP contribution in [0.2, 0.25) is 0 Å². The number of ether oxygens (including phenoxy) is 2. The van der Waals surface area contributed by atoms with Crippen LogP contribution in [-0.4, -0.2) is 32.3 Å². The molecule has 0 saturated carbocycles. The predicted octanol–water partition coefficient (Wildman–Crippen LogP) is 2.62. The molecular weight excluding hydrogens is 328 g/mol. The highest BCUT2D eigenvalue weighted by atomic mass is 35.5. The molecule has 1 fully saturated rings. The summed E-state index contributed by atoms with van der Waals surface area (Å²) < 4.78 is 10.8. The first kappa shape index (κ1) is 18.9. The number of benzene rings is 1. The summed E-state index contributed by atoms with van der Waals surface area (Å²) in [6, 6.07) is 6.00. The smallest absolute Gasteiger partial charge is 0.231 e. The second-order valence-electron chi connectivity index (χ2n) is 7.13. The molecule has 0 aromatic heterocycles. The molecule has 1 aromatic carbocycles. The number of nitrogens with one attached hydrogen (secondary N) is 2. The van der Waals surface area contributed by atoms with E-state index in [4.69, 9.17) is 9.47 Å². The van der Waals surface area contributed by atoms with Crippen molar-refractivity contribution in [2.45, 2.75) is 38.5 Å². The van der Waals surface area contributed by atoms with Crippen molar-refractivity contribution in [1.29, 1.82) is 0 Å². The van der Waals surface area contributed by atoms with Crippen molar-refractivity contribution in [2.75, 3.05) is 26.4 Å². The summed E-state index contributed by atoms with van der Waals surface area (Å²) in [5.41, 5.74) is 0.994. The van der Waals surface area contributed by atoms with Gasteiger partial charge in [0.2, 0.25) is 12.7 Å². The lowest BCUT2D eigenvalue weighted by Crippen LogP contribution is -2.36. The zero-order valence-electron chi connectivity index (χ0n) is 14.4. The zero-order valence-corrected chi connectivity index (χ0v) is 15.2. The highest BCUT2D eigenvalue weighted by molar-refractivity contribution is 5.85. The van der Waals surface area contributed by atoms with Gasteiger partial charge in [-0.3, -0.25) is 4.79 Å². The Bertz CT molecular complexity index is 571. The molecule has 2 heterocycles. The molecule has 0 aliphatic carbocycles. The number of hydrogen-bond donors (Lipinski definition) is 2. The van der Waals surface area contributed by atoms with Crippen molar-refractivity contribution in [3.8, 4) is 11.5 Å². The minimum Gasteiger partial charge on any atom is -0.454 e. The zero-order chi connectivity index (χ0) is 16.3. The molecule has 1 atom stereocenters. The van der Waals surface area contributed by atoms with Gasteiger partial charge in [0, 0.05) is 18.4 Å². The molecule has 2 aliphatic rings. The maximum Gasteiger partial charge on any atom is 0.231 e. The number of rotatable bonds is 6. The molecule has 1 amide bonds. The third kappa shape index (κ3) is 4.54. The van der Waals surface area contributed by atoms with E-state index in [9.17, 15) is 4.79 Å². The Hall–Kier alpha value is -1.46. The van der Waals surface area contributed by atoms with Crippen LogP contribution in [-0.2, 0) is 10.2 Å². The van der Waals surface area contributed by atoms with Crippen molar-refractivity contribution in [3.63, 3.8) is 0 Å². The number of carbonyl (C=O) groups excluding carboxylic acids is 1. The highest BCUT2D eigenvalue weighted by Crippen LogP contribution is 2.36. The third-order valence-electron chi connectivity index (χ3n) is 4.82. The summed E-state index contributed by atoms with van der Waals surface area (Å²) >= 11 is 0. The maximum absolute atomic E-state index is 12.1. The first-order valence-electron chi connectivity index (χ1n) is 8.42. The van der Waals surface area contributed by atoms with Crippen LogP contribution in [0.4, 0.5) is 0 Å². The van der Waals surface area contributed by atoms with Gasteiger partial charge in [0.1, 0.15) is 0 Å². The van der Waals surface area contributed by atoms with E-state index < -0.39 is 0 Å². The van der Waals surface area contributed by atoms with Crippen LogP contribution in [0.3, 0.4) is 0 Å². The van der Waals surface area contributed by atoms with Crippen molar-refractivity contribution in [2.24, 2.45) is 5.92 Å². The van der Waals surface area contributed by atoms with Gasteiger partial charge in [-0.1, -0.05) is 19.9 Å². The average Bonchev–Trinajstić information content (AvgIpc) is 3.21. The number of halogens is 1. The lowest BCUT2D eigenvalue weighted by Gasteiger charge is -2.26. The van der Waals surface area contributed by atoms with Gasteiger partial charge in [-0.25, -0.2) is 0 Å². The molecule has 3 rings (SSSR count). The van der Waals surface area contributed by atoms with E-state index in [1.165, 1.54) is 6.42 Å². The van der Waals surface area contributed by atoms with E-state index in [1.54, 1.807) is 0 Å². The van der Waals surface area contributed by atoms with Crippen LogP contribution in [0, 0.1) is 5.92 Å². The Kier molecular flexibility index (Phi) is 6.35. The fourth-order valence-corrected chi connectivity index (χ4v) is 3.12. The Morgan fingerprint density at radius 3 is 2.88 bits per heavy atom. The molecule has 2 aliphatic heterocycles. The Balaban J connectivity index is 0.00000208. The van der Waals surface area contributed by atoms with Gasteiger partial charge in [0.05, 0.1) is 0 Å². The van der Waals surface area contributed by atoms with Crippen LogP contribution in [0.1, 0.15) is 38.7 Å². The van der Waals surface area contributed by atoms with E-state index in [0.717, 1.165) is 36.6 Å². The van der Waals surface area contributed by atoms with Gasteiger partial charge in [-0.2, -0.15) is 0 Å². The predicted molar refractivity (Wildman–Crippen MR) is 96.1 cm³/mol. The monoisotopic (exact) mass is 354 g/mol. The van der Waals surface area contributed by atoms with E-state index in [1.807, 2.05) is 18.2 Å². The maximum atomic E-state index is 12.1. The Labute approximate surface area is 149 Å². The third-order valence-corrected chi connectivity index (χ3v) is 4.82. The van der Waals surface area contributed by atoms with E-state index in [-0.39, 0.29) is 30.5 Å². The fraction of sp³-hybridized carbons (Fsp3) is 0.611. The van der Waals surface area contributed by atoms with Gasteiger partial charge < -0.3 is 20.1 Å². The summed E-state index contributed by atoms with van der Waals surface area (Å²) in [7, 11) is 0. The number of fused-ring (bicyclic) bond motifs is 1. The first-order valence-corrected chi connectivity index (χ1v) is 8.42. The SMILES string of the molecule is CC(C)(CNC(=O)CCC1CCNC1)c1ccc2c(c1)OCO2.Cl. The Morgan fingerprint density at radius 1 is 1.33 bits per heavy atom. The number of amides is 1. The fourth-order valence-electron chi connectivity index (χ4n) is 3.12. The summed E-state index contributed by atoms with van der Waals surface area (Å²) in [4.78, 5) is 12.1. The van der Waals surface area contributed by atoms with Crippen molar-refractivity contribution in [3.05, 3.63) is 23.8 Å². The molecule has 134 valence electrons. The average molecular weight is 355 g/mol. The lowest BCUT2D eigenvalue weighted by atomic mass is 9.84. The van der Waals surface area contributed by atoms with Crippen LogP contribution in [0.25, 0.3) is 0 Å². The topological polar surface area (TPSA) is 59.6 Å². The number of hydrogen-bond acceptors (Lipinski definition) is 4. The minimum absolute atomic E-state index is 0. The normalized spacial score (nSPS) is 19.0. The lowest BCUT2D eigenvalue weighted by molar-refractivity contribution is -0.121. The van der Waals surface area contributed by atoms with E-state index >= 15 is 0 Å². The standard InChI is InChI=1S/C18H26N2O3.ClH/c1-18(2,14-4-5-15-16(9-14)23-12-22-15)11-20-17(21)6-3-13-7-8-19-10-13;/h4-5,9,13,19H,3,6-8,10-12H2,1-2H3,(H,20,21);1H. The molecule has 6 heteroatoms. The van der Waals surface area contributed by atoms with Gasteiger partial charge in [-0.05, 0) is 49.5 Å².